The minimum atomic E-state index is -0.363. The maximum absolute atomic E-state index is 10.2. The van der Waals surface area contributed by atoms with Crippen molar-refractivity contribution in [1.29, 1.82) is 5.26 Å². The molecule has 9 heteroatoms. The molecular weight excluding hydrogens is 384 g/mol. The third kappa shape index (κ3) is 2.87. The molecule has 0 unspecified atom stereocenters. The largest absolute Gasteiger partial charge is 0.480 e. The normalized spacial score (nSPS) is 30.3. The first-order valence-electron chi connectivity index (χ1n) is 10.2. The zero-order valence-corrected chi connectivity index (χ0v) is 17.2. The van der Waals surface area contributed by atoms with Crippen molar-refractivity contribution in [1.82, 2.24) is 19.4 Å². The summed E-state index contributed by atoms with van der Waals surface area (Å²) in [7, 11) is 3.53. The molecule has 0 aromatic carbocycles. The van der Waals surface area contributed by atoms with Crippen LogP contribution in [0.15, 0.2) is 24.8 Å². The van der Waals surface area contributed by atoms with E-state index in [-0.39, 0.29) is 30.1 Å². The lowest BCUT2D eigenvalue weighted by Gasteiger charge is -2.42. The zero-order chi connectivity index (χ0) is 20.9. The maximum Gasteiger partial charge on any atom is 0.233 e. The highest BCUT2D eigenvalue weighted by Gasteiger charge is 2.62. The summed E-state index contributed by atoms with van der Waals surface area (Å²) in [6, 6.07) is 4.12. The highest BCUT2D eigenvalue weighted by molar-refractivity contribution is 5.63. The highest BCUT2D eigenvalue weighted by atomic mass is 16.5. The smallest absolute Gasteiger partial charge is 0.233 e. The summed E-state index contributed by atoms with van der Waals surface area (Å²) in [4.78, 5) is 13.0. The molecule has 3 fully saturated rings. The van der Waals surface area contributed by atoms with Gasteiger partial charge in [0.25, 0.3) is 0 Å². The molecule has 3 saturated heterocycles. The van der Waals surface area contributed by atoms with Crippen molar-refractivity contribution in [2.45, 2.75) is 18.2 Å². The Kier molecular flexibility index (Phi) is 4.65. The Labute approximate surface area is 175 Å². The van der Waals surface area contributed by atoms with Gasteiger partial charge < -0.3 is 24.0 Å². The molecule has 3 aliphatic rings. The number of anilines is 1. The minimum Gasteiger partial charge on any atom is -0.480 e. The Morgan fingerprint density at radius 2 is 2.27 bits per heavy atom. The van der Waals surface area contributed by atoms with Gasteiger partial charge in [-0.2, -0.15) is 5.26 Å². The molecule has 5 heterocycles. The van der Waals surface area contributed by atoms with E-state index in [0.717, 1.165) is 31.0 Å². The Morgan fingerprint density at radius 3 is 2.97 bits per heavy atom. The van der Waals surface area contributed by atoms with Crippen molar-refractivity contribution in [3.05, 3.63) is 36.0 Å². The predicted molar refractivity (Wildman–Crippen MR) is 108 cm³/mol. The van der Waals surface area contributed by atoms with Crippen LogP contribution in [0.1, 0.15) is 11.3 Å². The fraction of sp³-hybridized carbons (Fsp3) is 0.571. The van der Waals surface area contributed by atoms with E-state index in [1.54, 1.807) is 6.20 Å². The number of nitrogens with zero attached hydrogens (tertiary/aromatic N) is 6. The molecule has 2 aromatic rings. The number of imidazole rings is 1. The molecule has 0 amide bonds. The Bertz CT molecular complexity index is 987. The first-order chi connectivity index (χ1) is 14.6. The van der Waals surface area contributed by atoms with Crippen molar-refractivity contribution in [2.75, 3.05) is 44.8 Å². The highest BCUT2D eigenvalue weighted by Crippen LogP contribution is 2.50. The van der Waals surface area contributed by atoms with Crippen LogP contribution in [0.2, 0.25) is 0 Å². The summed E-state index contributed by atoms with van der Waals surface area (Å²) < 4.78 is 13.9. The first-order valence-corrected chi connectivity index (χ1v) is 10.2. The molecule has 2 aromatic heterocycles. The van der Waals surface area contributed by atoms with E-state index in [2.05, 4.69) is 25.8 Å². The van der Waals surface area contributed by atoms with Crippen molar-refractivity contribution in [2.24, 2.45) is 18.9 Å². The van der Waals surface area contributed by atoms with Gasteiger partial charge in [-0.25, -0.2) is 9.97 Å². The lowest BCUT2D eigenvalue weighted by atomic mass is 9.83. The number of nitriles is 1. The molecule has 3 aliphatic heterocycles. The number of rotatable bonds is 5. The van der Waals surface area contributed by atoms with Crippen LogP contribution in [-0.4, -0.2) is 76.1 Å². The van der Waals surface area contributed by atoms with Gasteiger partial charge >= 0.3 is 0 Å². The minimum absolute atomic E-state index is 0.0571. The average Bonchev–Trinajstić information content (AvgIpc) is 3.36. The standard InChI is InChI=1S/C21H26N6O3/c1-25-13-23-6-14(25)7-26-8-17-16(10-28)19-9-27(12-21(17,11-26)30-19)18-3-4-24-20(29-2)15(18)5-22/h3-4,6,13,16-17,19,28H,7-12H2,1-2H3/t16-,17+,19+,21-/m0/s1. The van der Waals surface area contributed by atoms with Crippen LogP contribution in [0.25, 0.3) is 0 Å². The molecule has 30 heavy (non-hydrogen) atoms. The van der Waals surface area contributed by atoms with Crippen molar-refractivity contribution in [3.8, 4) is 11.9 Å². The zero-order valence-electron chi connectivity index (χ0n) is 17.2. The summed E-state index contributed by atoms with van der Waals surface area (Å²) in [5.41, 5.74) is 2.05. The topological polar surface area (TPSA) is 99.7 Å². The van der Waals surface area contributed by atoms with Crippen LogP contribution in [0, 0.1) is 23.2 Å². The predicted octanol–water partition coefficient (Wildman–Crippen LogP) is 0.393. The second-order valence-corrected chi connectivity index (χ2v) is 8.55. The third-order valence-corrected chi connectivity index (χ3v) is 6.91. The van der Waals surface area contributed by atoms with Gasteiger partial charge in [0, 0.05) is 70.6 Å². The monoisotopic (exact) mass is 410 g/mol. The number of hydrogen-bond donors (Lipinski definition) is 1. The van der Waals surface area contributed by atoms with E-state index in [0.29, 0.717) is 24.5 Å². The maximum atomic E-state index is 10.2. The fourth-order valence-corrected chi connectivity index (χ4v) is 5.56. The molecule has 1 N–H and O–H groups in total. The van der Waals surface area contributed by atoms with Gasteiger partial charge in [-0.3, -0.25) is 4.90 Å². The van der Waals surface area contributed by atoms with Gasteiger partial charge in [0.05, 0.1) is 30.9 Å². The summed E-state index contributed by atoms with van der Waals surface area (Å²) >= 11 is 0. The number of aliphatic hydroxyl groups excluding tert-OH is 1. The second kappa shape index (κ2) is 7.23. The molecule has 1 spiro atoms. The quantitative estimate of drug-likeness (QED) is 0.756. The van der Waals surface area contributed by atoms with Crippen LogP contribution in [0.3, 0.4) is 0 Å². The second-order valence-electron chi connectivity index (χ2n) is 8.55. The average molecular weight is 410 g/mol. The summed E-state index contributed by atoms with van der Waals surface area (Å²) in [6.07, 6.45) is 5.33. The lowest BCUT2D eigenvalue weighted by Crippen LogP contribution is -2.54. The molecule has 4 atom stereocenters. The number of pyridine rings is 1. The molecule has 0 saturated carbocycles. The molecule has 0 radical (unpaired) electrons. The van der Waals surface area contributed by atoms with Crippen LogP contribution in [0.4, 0.5) is 5.69 Å². The van der Waals surface area contributed by atoms with E-state index in [1.165, 1.54) is 7.11 Å². The Hall–Kier alpha value is -2.67. The molecule has 0 aliphatic carbocycles. The number of likely N-dealkylation sites (tertiary alicyclic amines) is 1. The van der Waals surface area contributed by atoms with E-state index in [9.17, 15) is 10.4 Å². The molecule has 158 valence electrons. The van der Waals surface area contributed by atoms with E-state index in [1.807, 2.05) is 30.2 Å². The lowest BCUT2D eigenvalue weighted by molar-refractivity contribution is -0.0646. The van der Waals surface area contributed by atoms with E-state index >= 15 is 0 Å². The number of ether oxygens (including phenoxy) is 2. The Balaban J connectivity index is 1.45. The van der Waals surface area contributed by atoms with Crippen LogP contribution in [-0.2, 0) is 18.3 Å². The van der Waals surface area contributed by atoms with Gasteiger partial charge in [-0.05, 0) is 6.07 Å². The van der Waals surface area contributed by atoms with Crippen LogP contribution < -0.4 is 9.64 Å². The van der Waals surface area contributed by atoms with Crippen LogP contribution >= 0.6 is 0 Å². The number of hydrogen-bond acceptors (Lipinski definition) is 8. The van der Waals surface area contributed by atoms with Gasteiger partial charge in [-0.15, -0.1) is 0 Å². The van der Waals surface area contributed by atoms with E-state index < -0.39 is 0 Å². The van der Waals surface area contributed by atoms with Gasteiger partial charge in [-0.1, -0.05) is 0 Å². The van der Waals surface area contributed by atoms with Crippen molar-refractivity contribution < 1.29 is 14.6 Å². The SMILES string of the molecule is COc1nccc(N2C[C@H]3O[C@@]4(CN(Cc5cncn5C)C[C@@H]4[C@@H]3CO)C2)c1C#N. The fourth-order valence-electron chi connectivity index (χ4n) is 5.56. The van der Waals surface area contributed by atoms with Crippen LogP contribution in [0.5, 0.6) is 5.88 Å². The van der Waals surface area contributed by atoms with Crippen molar-refractivity contribution in [3.63, 3.8) is 0 Å². The van der Waals surface area contributed by atoms with E-state index in [4.69, 9.17) is 9.47 Å². The van der Waals surface area contributed by atoms with Crippen molar-refractivity contribution >= 4 is 5.69 Å². The molecule has 2 bridgehead atoms. The number of morpholine rings is 1. The number of methoxy groups -OCH3 is 1. The number of aliphatic hydroxyl groups is 1. The summed E-state index contributed by atoms with van der Waals surface area (Å²) in [5, 5.41) is 19.9. The number of aryl methyl sites for hydroxylation is 1. The summed E-state index contributed by atoms with van der Waals surface area (Å²) in [5.74, 6) is 0.673. The van der Waals surface area contributed by atoms with Gasteiger partial charge in [0.1, 0.15) is 17.2 Å². The first kappa shape index (κ1) is 19.3. The van der Waals surface area contributed by atoms with Gasteiger partial charge in [0.15, 0.2) is 0 Å². The number of aromatic nitrogens is 3. The molecule has 9 nitrogen and oxygen atoms in total. The number of fused-ring (bicyclic) bond motifs is 1. The molecular formula is C21H26N6O3. The van der Waals surface area contributed by atoms with Gasteiger partial charge in [0.2, 0.25) is 5.88 Å². The molecule has 5 rings (SSSR count). The third-order valence-electron chi connectivity index (χ3n) is 6.91. The Morgan fingerprint density at radius 1 is 1.40 bits per heavy atom. The summed E-state index contributed by atoms with van der Waals surface area (Å²) in [6.45, 7) is 3.89.